The maximum absolute atomic E-state index is 12.3. The number of carbonyl (C=O) groups excluding carboxylic acids is 2. The van der Waals surface area contributed by atoms with E-state index in [0.717, 1.165) is 35.2 Å². The lowest BCUT2D eigenvalue weighted by molar-refractivity contribution is -0.253. The van der Waals surface area contributed by atoms with Crippen molar-refractivity contribution in [2.24, 2.45) is 0 Å². The summed E-state index contributed by atoms with van der Waals surface area (Å²) in [7, 11) is 2.14. The van der Waals surface area contributed by atoms with Gasteiger partial charge in [0, 0.05) is 44.0 Å². The number of likely N-dealkylation sites (N-methyl/N-ethyl adjacent to an activating group) is 1. The van der Waals surface area contributed by atoms with Crippen molar-refractivity contribution in [1.29, 1.82) is 0 Å². The van der Waals surface area contributed by atoms with Crippen molar-refractivity contribution in [3.8, 4) is 0 Å². The molecule has 9 nitrogen and oxygen atoms in total. The number of aliphatic hydroxyl groups excluding tert-OH is 1. The quantitative estimate of drug-likeness (QED) is 0.0645. The van der Waals surface area contributed by atoms with Crippen LogP contribution in [0.2, 0.25) is 0 Å². The Morgan fingerprint density at radius 2 is 1.50 bits per heavy atom. The van der Waals surface area contributed by atoms with Crippen LogP contribution in [0, 0.1) is 0 Å². The summed E-state index contributed by atoms with van der Waals surface area (Å²) in [6.07, 6.45) is 2.55. The third-order valence-electron chi connectivity index (χ3n) is 9.20. The summed E-state index contributed by atoms with van der Waals surface area (Å²) in [5.41, 5.74) is 6.66. The average Bonchev–Trinajstić information content (AvgIpc) is 3.13. The Labute approximate surface area is 282 Å². The van der Waals surface area contributed by atoms with Gasteiger partial charge in [-0.05, 0) is 65.9 Å². The first-order valence-corrected chi connectivity index (χ1v) is 16.8. The Morgan fingerprint density at radius 3 is 2.21 bits per heavy atom. The van der Waals surface area contributed by atoms with Crippen molar-refractivity contribution < 1.29 is 29.4 Å². The van der Waals surface area contributed by atoms with Crippen molar-refractivity contribution in [2.75, 3.05) is 13.6 Å². The van der Waals surface area contributed by atoms with Gasteiger partial charge in [-0.3, -0.25) is 19.7 Å². The predicted molar refractivity (Wildman–Crippen MR) is 185 cm³/mol. The molecule has 0 aliphatic carbocycles. The molecule has 1 saturated heterocycles. The van der Waals surface area contributed by atoms with Crippen LogP contribution in [0.15, 0.2) is 91.0 Å². The lowest BCUT2D eigenvalue weighted by Gasteiger charge is -2.39. The number of carbonyl (C=O) groups is 2. The SMILES string of the molecule is C[C@H](c1ccc2ccccc2c1)N(C)C[C@H]1C[C@@H](c2ccc(CO)cc2)O[C@@H](c2ccc(CNC(=O)CCCCCC(=O)NO)cc2)O1. The molecule has 48 heavy (non-hydrogen) atoms. The fourth-order valence-corrected chi connectivity index (χ4v) is 6.12. The second kappa shape index (κ2) is 17.3. The van der Waals surface area contributed by atoms with Crippen LogP contribution >= 0.6 is 0 Å². The molecule has 0 saturated carbocycles. The molecular formula is C39H47N3O6. The van der Waals surface area contributed by atoms with Gasteiger partial charge >= 0.3 is 0 Å². The molecule has 0 unspecified atom stereocenters. The Balaban J connectivity index is 1.21. The lowest BCUT2D eigenvalue weighted by atomic mass is 9.98. The van der Waals surface area contributed by atoms with E-state index in [1.165, 1.54) is 16.3 Å². The van der Waals surface area contributed by atoms with Crippen molar-refractivity contribution in [3.05, 3.63) is 119 Å². The summed E-state index contributed by atoms with van der Waals surface area (Å²) in [5.74, 6) is -0.446. The van der Waals surface area contributed by atoms with E-state index in [1.54, 1.807) is 5.48 Å². The number of rotatable bonds is 15. The van der Waals surface area contributed by atoms with Gasteiger partial charge in [0.1, 0.15) is 0 Å². The highest BCUT2D eigenvalue weighted by atomic mass is 16.7. The Hall–Kier alpha value is -4.12. The van der Waals surface area contributed by atoms with E-state index < -0.39 is 12.2 Å². The Kier molecular flexibility index (Phi) is 12.7. The first-order chi connectivity index (χ1) is 23.3. The van der Waals surface area contributed by atoms with Crippen LogP contribution in [0.1, 0.15) is 91.7 Å². The third-order valence-corrected chi connectivity index (χ3v) is 9.20. The molecule has 5 rings (SSSR count). The second-order valence-corrected chi connectivity index (χ2v) is 12.7. The van der Waals surface area contributed by atoms with E-state index in [-0.39, 0.29) is 37.2 Å². The van der Waals surface area contributed by atoms with Gasteiger partial charge in [-0.2, -0.15) is 0 Å². The van der Waals surface area contributed by atoms with Crippen molar-refractivity contribution in [1.82, 2.24) is 15.7 Å². The van der Waals surface area contributed by atoms with Crippen LogP contribution in [-0.2, 0) is 32.2 Å². The topological polar surface area (TPSA) is 120 Å². The van der Waals surface area contributed by atoms with E-state index in [2.05, 4.69) is 66.7 Å². The van der Waals surface area contributed by atoms with Crippen LogP contribution in [-0.4, -0.2) is 46.7 Å². The molecule has 1 aliphatic rings. The normalized spacial score (nSPS) is 18.5. The monoisotopic (exact) mass is 653 g/mol. The molecule has 0 aromatic heterocycles. The number of fused-ring (bicyclic) bond motifs is 1. The highest BCUT2D eigenvalue weighted by Crippen LogP contribution is 2.39. The molecule has 1 fully saturated rings. The van der Waals surface area contributed by atoms with Gasteiger partial charge < -0.3 is 19.9 Å². The average molecular weight is 654 g/mol. The summed E-state index contributed by atoms with van der Waals surface area (Å²) in [6.45, 7) is 3.36. The zero-order chi connectivity index (χ0) is 33.9. The maximum Gasteiger partial charge on any atom is 0.243 e. The third kappa shape index (κ3) is 9.71. The summed E-state index contributed by atoms with van der Waals surface area (Å²) in [5, 5.41) is 23.5. The van der Waals surface area contributed by atoms with Crippen LogP contribution in [0.4, 0.5) is 0 Å². The van der Waals surface area contributed by atoms with Crippen LogP contribution < -0.4 is 10.8 Å². The van der Waals surface area contributed by atoms with E-state index in [4.69, 9.17) is 14.7 Å². The number of ether oxygens (including phenoxy) is 2. The number of nitrogens with zero attached hydrogens (tertiary/aromatic N) is 1. The lowest BCUT2D eigenvalue weighted by Crippen LogP contribution is -2.38. The molecule has 254 valence electrons. The smallest absolute Gasteiger partial charge is 0.243 e. The number of nitrogens with one attached hydrogen (secondary N) is 2. The van der Waals surface area contributed by atoms with E-state index >= 15 is 0 Å². The molecule has 0 radical (unpaired) electrons. The number of amides is 2. The van der Waals surface area contributed by atoms with Crippen LogP contribution in [0.3, 0.4) is 0 Å². The standard InChI is InChI=1S/C39H47N3O6/c1-27(33-21-20-30-8-6-7-9-34(30)22-33)42(2)25-35-23-36(31-16-14-29(26-43)15-17-31)48-39(47-35)32-18-12-28(13-19-32)24-40-37(44)10-4-3-5-11-38(45)41-46/h6-9,12-22,27,35-36,39,43,46H,3-5,10-11,23-26H2,1-2H3,(H,40,44)(H,41,45)/t27-,35-,36+,39+/m1/s1. The van der Waals surface area contributed by atoms with Gasteiger partial charge in [0.25, 0.3) is 0 Å². The summed E-state index contributed by atoms with van der Waals surface area (Å²) < 4.78 is 13.2. The van der Waals surface area contributed by atoms with Crippen molar-refractivity contribution >= 4 is 22.6 Å². The molecule has 0 spiro atoms. The first-order valence-electron chi connectivity index (χ1n) is 16.8. The van der Waals surface area contributed by atoms with Crippen LogP contribution in [0.5, 0.6) is 0 Å². The van der Waals surface area contributed by atoms with Gasteiger partial charge in [-0.1, -0.05) is 91.3 Å². The largest absolute Gasteiger partial charge is 0.392 e. The number of hydroxylamine groups is 1. The fraction of sp³-hybridized carbons (Fsp3) is 0.385. The minimum atomic E-state index is -0.563. The number of unbranched alkanes of at least 4 members (excludes halogenated alkanes) is 2. The van der Waals surface area contributed by atoms with Gasteiger partial charge in [0.2, 0.25) is 11.8 Å². The van der Waals surface area contributed by atoms with E-state index in [0.29, 0.717) is 32.2 Å². The number of hydrogen-bond donors (Lipinski definition) is 4. The summed E-state index contributed by atoms with van der Waals surface area (Å²) >= 11 is 0. The molecule has 2 amide bonds. The molecular weight excluding hydrogens is 606 g/mol. The zero-order valence-corrected chi connectivity index (χ0v) is 27.8. The molecule has 4 N–H and O–H groups in total. The minimum absolute atomic E-state index is 0.00404. The fourth-order valence-electron chi connectivity index (χ4n) is 6.12. The minimum Gasteiger partial charge on any atom is -0.392 e. The molecule has 1 aliphatic heterocycles. The molecule has 1 heterocycles. The predicted octanol–water partition coefficient (Wildman–Crippen LogP) is 6.64. The molecule has 9 heteroatoms. The number of benzene rings is 4. The number of aliphatic hydroxyl groups is 1. The van der Waals surface area contributed by atoms with E-state index in [9.17, 15) is 14.7 Å². The first kappa shape index (κ1) is 35.2. The molecule has 4 atom stereocenters. The highest BCUT2D eigenvalue weighted by molar-refractivity contribution is 5.83. The molecule has 0 bridgehead atoms. The van der Waals surface area contributed by atoms with Crippen LogP contribution in [0.25, 0.3) is 10.8 Å². The van der Waals surface area contributed by atoms with Gasteiger partial charge in [-0.25, -0.2) is 5.48 Å². The van der Waals surface area contributed by atoms with Gasteiger partial charge in [-0.15, -0.1) is 0 Å². The van der Waals surface area contributed by atoms with Gasteiger partial charge in [0.05, 0.1) is 18.8 Å². The van der Waals surface area contributed by atoms with Gasteiger partial charge in [0.15, 0.2) is 6.29 Å². The summed E-state index contributed by atoms with van der Waals surface area (Å²) in [6, 6.07) is 31.1. The molecule has 4 aromatic rings. The Bertz CT molecular complexity index is 1630. The molecule has 4 aromatic carbocycles. The number of hydrogen-bond acceptors (Lipinski definition) is 7. The summed E-state index contributed by atoms with van der Waals surface area (Å²) in [4.78, 5) is 25.8. The highest BCUT2D eigenvalue weighted by Gasteiger charge is 2.33. The van der Waals surface area contributed by atoms with E-state index in [1.807, 2.05) is 48.5 Å². The maximum atomic E-state index is 12.3. The zero-order valence-electron chi connectivity index (χ0n) is 27.8. The second-order valence-electron chi connectivity index (χ2n) is 12.7. The van der Waals surface area contributed by atoms with Crippen molar-refractivity contribution in [2.45, 2.75) is 83.1 Å². The van der Waals surface area contributed by atoms with Crippen molar-refractivity contribution in [3.63, 3.8) is 0 Å². The Morgan fingerprint density at radius 1 is 0.833 bits per heavy atom.